The molecule has 1 aromatic carbocycles. The molecule has 0 saturated carbocycles. The Bertz CT molecular complexity index is 347. The molecule has 0 atom stereocenters. The van der Waals surface area contributed by atoms with Gasteiger partial charge in [-0.1, -0.05) is 47.7 Å². The average molecular weight is 186 g/mol. The first-order chi connectivity index (χ1) is 6.36. The molecular formula is C12H14Si. The van der Waals surface area contributed by atoms with Crippen LogP contribution in [0.5, 0.6) is 0 Å². The molecule has 0 amide bonds. The molecule has 0 aromatic heterocycles. The van der Waals surface area contributed by atoms with Crippen molar-refractivity contribution >= 4 is 10.2 Å². The van der Waals surface area contributed by atoms with E-state index in [-0.39, 0.29) is 0 Å². The Morgan fingerprint density at radius 3 is 2.54 bits per heavy atom. The molecule has 0 fully saturated rings. The molecule has 0 unspecified atom stereocenters. The van der Waals surface area contributed by atoms with Crippen LogP contribution in [0.15, 0.2) is 53.3 Å². The van der Waals surface area contributed by atoms with Gasteiger partial charge in [-0.05, 0) is 24.0 Å². The minimum absolute atomic E-state index is 1.12. The maximum absolute atomic E-state index is 2.29. The molecule has 2 rings (SSSR count). The number of allylic oxidation sites excluding steroid dienone is 4. The molecule has 0 heterocycles. The first kappa shape index (κ1) is 8.51. The van der Waals surface area contributed by atoms with Crippen LogP contribution in [0, 0.1) is 0 Å². The van der Waals surface area contributed by atoms with E-state index in [1.54, 1.807) is 10.8 Å². The van der Waals surface area contributed by atoms with Crippen LogP contribution in [0.25, 0.3) is 0 Å². The highest BCUT2D eigenvalue weighted by atomic mass is 28.1. The van der Waals surface area contributed by atoms with Gasteiger partial charge >= 0.3 is 0 Å². The highest BCUT2D eigenvalue weighted by molar-refractivity contribution is 6.22. The van der Waals surface area contributed by atoms with Gasteiger partial charge in [0, 0.05) is 10.2 Å². The highest BCUT2D eigenvalue weighted by Crippen LogP contribution is 2.19. The largest absolute Gasteiger partial charge is 0.0846 e. The van der Waals surface area contributed by atoms with Gasteiger partial charge in [0.2, 0.25) is 0 Å². The van der Waals surface area contributed by atoms with Crippen molar-refractivity contribution in [3.8, 4) is 0 Å². The summed E-state index contributed by atoms with van der Waals surface area (Å²) in [5.74, 6) is 0. The second kappa shape index (κ2) is 3.75. The molecular weight excluding hydrogens is 172 g/mol. The Morgan fingerprint density at radius 2 is 1.92 bits per heavy atom. The van der Waals surface area contributed by atoms with Crippen LogP contribution >= 0.6 is 0 Å². The second-order valence-corrected chi connectivity index (χ2v) is 4.78. The lowest BCUT2D eigenvalue weighted by molar-refractivity contribution is 1.19. The van der Waals surface area contributed by atoms with Gasteiger partial charge in [0.1, 0.15) is 0 Å². The minimum atomic E-state index is 1.12. The summed E-state index contributed by atoms with van der Waals surface area (Å²) in [5, 5.41) is 1.66. The van der Waals surface area contributed by atoms with Gasteiger partial charge in [0.25, 0.3) is 0 Å². The fraction of sp³-hybridized carbons (Fsp3) is 0.167. The van der Waals surface area contributed by atoms with Crippen molar-refractivity contribution in [3.05, 3.63) is 58.8 Å². The Hall–Kier alpha value is -1.08. The summed E-state index contributed by atoms with van der Waals surface area (Å²) in [5.41, 5.74) is 2.98. The van der Waals surface area contributed by atoms with E-state index in [1.807, 2.05) is 0 Å². The van der Waals surface area contributed by atoms with E-state index in [2.05, 4.69) is 42.5 Å². The van der Waals surface area contributed by atoms with Gasteiger partial charge in [-0.25, -0.2) is 0 Å². The van der Waals surface area contributed by atoms with E-state index in [9.17, 15) is 0 Å². The summed E-state index contributed by atoms with van der Waals surface area (Å²) in [6.07, 6.45) is 6.89. The van der Waals surface area contributed by atoms with E-state index in [0.717, 1.165) is 6.42 Å². The lowest BCUT2D eigenvalue weighted by Crippen LogP contribution is -1.89. The Labute approximate surface area is 82.4 Å². The van der Waals surface area contributed by atoms with E-state index in [4.69, 9.17) is 0 Å². The van der Waals surface area contributed by atoms with Crippen molar-refractivity contribution in [2.75, 3.05) is 0 Å². The number of hydrogen-bond donors (Lipinski definition) is 0. The topological polar surface area (TPSA) is 0 Å². The standard InChI is InChI=1S/C12H14Si/c13-12-8-4-7-11(12)9-10-5-2-1-3-6-10/h1-7H,8-9H2,13H3. The summed E-state index contributed by atoms with van der Waals surface area (Å²) in [4.78, 5) is 0. The molecule has 0 N–H and O–H groups in total. The Kier molecular flexibility index (Phi) is 2.46. The van der Waals surface area contributed by atoms with Crippen molar-refractivity contribution in [3.63, 3.8) is 0 Å². The molecule has 0 spiro atoms. The monoisotopic (exact) mass is 186 g/mol. The predicted molar refractivity (Wildman–Crippen MR) is 60.9 cm³/mol. The molecule has 1 heteroatoms. The van der Waals surface area contributed by atoms with Crippen molar-refractivity contribution in [2.24, 2.45) is 0 Å². The molecule has 0 nitrogen and oxygen atoms in total. The lowest BCUT2D eigenvalue weighted by atomic mass is 10.1. The molecule has 13 heavy (non-hydrogen) atoms. The summed E-state index contributed by atoms with van der Waals surface area (Å²) in [6, 6.07) is 10.7. The van der Waals surface area contributed by atoms with E-state index < -0.39 is 0 Å². The fourth-order valence-corrected chi connectivity index (χ4v) is 2.26. The van der Waals surface area contributed by atoms with Gasteiger partial charge in [-0.3, -0.25) is 0 Å². The predicted octanol–water partition coefficient (Wildman–Crippen LogP) is 1.81. The van der Waals surface area contributed by atoms with Gasteiger partial charge < -0.3 is 0 Å². The third kappa shape index (κ3) is 1.98. The van der Waals surface area contributed by atoms with Crippen LogP contribution in [0.3, 0.4) is 0 Å². The van der Waals surface area contributed by atoms with Crippen LogP contribution in [-0.4, -0.2) is 10.2 Å². The first-order valence-corrected chi connectivity index (χ1v) is 5.75. The van der Waals surface area contributed by atoms with E-state index in [0.29, 0.717) is 0 Å². The average Bonchev–Trinajstić information content (AvgIpc) is 2.54. The van der Waals surface area contributed by atoms with Crippen LogP contribution in [0.4, 0.5) is 0 Å². The minimum Gasteiger partial charge on any atom is -0.0846 e. The molecule has 0 aliphatic heterocycles. The highest BCUT2D eigenvalue weighted by Gasteiger charge is 2.04. The molecule has 1 aromatic rings. The molecule has 0 saturated heterocycles. The zero-order valence-corrected chi connectivity index (χ0v) is 9.96. The Morgan fingerprint density at radius 1 is 1.15 bits per heavy atom. The SMILES string of the molecule is [SiH3]C1=C(Cc2ccccc2)C=CC1. The Balaban J connectivity index is 2.15. The lowest BCUT2D eigenvalue weighted by Gasteiger charge is -2.02. The molecule has 0 radical (unpaired) electrons. The molecule has 1 aliphatic carbocycles. The van der Waals surface area contributed by atoms with Crippen LogP contribution in [0.2, 0.25) is 0 Å². The van der Waals surface area contributed by atoms with Crippen LogP contribution < -0.4 is 0 Å². The van der Waals surface area contributed by atoms with Crippen molar-refractivity contribution < 1.29 is 0 Å². The molecule has 1 aliphatic rings. The molecule has 0 bridgehead atoms. The smallest absolute Gasteiger partial charge is 0.0340 e. The van der Waals surface area contributed by atoms with Crippen molar-refractivity contribution in [1.82, 2.24) is 0 Å². The van der Waals surface area contributed by atoms with Crippen molar-refractivity contribution in [1.29, 1.82) is 0 Å². The van der Waals surface area contributed by atoms with Crippen LogP contribution in [0.1, 0.15) is 12.0 Å². The van der Waals surface area contributed by atoms with Gasteiger partial charge in [-0.2, -0.15) is 0 Å². The quantitative estimate of drug-likeness (QED) is 0.618. The fourth-order valence-electron chi connectivity index (χ4n) is 1.68. The number of hydrogen-bond acceptors (Lipinski definition) is 0. The van der Waals surface area contributed by atoms with Gasteiger partial charge in [-0.15, -0.1) is 0 Å². The summed E-state index contributed by atoms with van der Waals surface area (Å²) in [6.45, 7) is 0. The zero-order valence-electron chi connectivity index (χ0n) is 7.96. The summed E-state index contributed by atoms with van der Waals surface area (Å²) < 4.78 is 0. The number of rotatable bonds is 2. The third-order valence-corrected chi connectivity index (χ3v) is 3.58. The summed E-state index contributed by atoms with van der Waals surface area (Å²) >= 11 is 0. The van der Waals surface area contributed by atoms with Gasteiger partial charge in [0.15, 0.2) is 0 Å². The van der Waals surface area contributed by atoms with E-state index in [1.165, 1.54) is 22.2 Å². The number of benzene rings is 1. The maximum atomic E-state index is 2.29. The second-order valence-electron chi connectivity index (χ2n) is 3.57. The molecule has 66 valence electrons. The van der Waals surface area contributed by atoms with Gasteiger partial charge in [0.05, 0.1) is 0 Å². The van der Waals surface area contributed by atoms with Crippen LogP contribution in [-0.2, 0) is 6.42 Å². The maximum Gasteiger partial charge on any atom is 0.0340 e. The van der Waals surface area contributed by atoms with Crippen molar-refractivity contribution in [2.45, 2.75) is 12.8 Å². The third-order valence-electron chi connectivity index (χ3n) is 2.53. The summed E-state index contributed by atoms with van der Waals surface area (Å²) in [7, 11) is 1.21. The first-order valence-electron chi connectivity index (χ1n) is 4.75. The zero-order chi connectivity index (χ0) is 9.10. The van der Waals surface area contributed by atoms with E-state index >= 15 is 0 Å². The normalized spacial score (nSPS) is 15.7.